The SMILES string of the molecule is CCSC1CCCC1NC1CCCC(NC(=O)OC(C)(C)C)C1. The van der Waals surface area contributed by atoms with E-state index in [2.05, 4.69) is 29.3 Å². The number of carbonyl (C=O) groups is 1. The Hall–Kier alpha value is -0.420. The van der Waals surface area contributed by atoms with Gasteiger partial charge in [-0.05, 0) is 65.0 Å². The van der Waals surface area contributed by atoms with Gasteiger partial charge >= 0.3 is 6.09 Å². The highest BCUT2D eigenvalue weighted by atomic mass is 32.2. The summed E-state index contributed by atoms with van der Waals surface area (Å²) in [5, 5.41) is 7.73. The molecule has 134 valence electrons. The molecule has 2 saturated carbocycles. The van der Waals surface area contributed by atoms with Gasteiger partial charge in [0.2, 0.25) is 0 Å². The molecule has 2 fully saturated rings. The highest BCUT2D eigenvalue weighted by Crippen LogP contribution is 2.31. The van der Waals surface area contributed by atoms with Crippen molar-refractivity contribution in [1.82, 2.24) is 10.6 Å². The van der Waals surface area contributed by atoms with Crippen LogP contribution in [0.25, 0.3) is 0 Å². The highest BCUT2D eigenvalue weighted by Gasteiger charge is 2.31. The van der Waals surface area contributed by atoms with Crippen molar-refractivity contribution in [1.29, 1.82) is 0 Å². The van der Waals surface area contributed by atoms with Gasteiger partial charge in [0.15, 0.2) is 0 Å². The van der Waals surface area contributed by atoms with Crippen molar-refractivity contribution >= 4 is 17.9 Å². The van der Waals surface area contributed by atoms with Crippen molar-refractivity contribution in [2.45, 2.75) is 102 Å². The molecular weight excluding hydrogens is 308 g/mol. The van der Waals surface area contributed by atoms with E-state index in [1.54, 1.807) is 0 Å². The maximum absolute atomic E-state index is 12.0. The Labute approximate surface area is 145 Å². The van der Waals surface area contributed by atoms with Crippen molar-refractivity contribution in [2.75, 3.05) is 5.75 Å². The summed E-state index contributed by atoms with van der Waals surface area (Å²) >= 11 is 2.10. The summed E-state index contributed by atoms with van der Waals surface area (Å²) in [7, 11) is 0. The van der Waals surface area contributed by atoms with Crippen LogP contribution in [-0.2, 0) is 4.74 Å². The molecule has 0 aromatic heterocycles. The molecule has 0 bridgehead atoms. The molecule has 2 N–H and O–H groups in total. The fourth-order valence-electron chi connectivity index (χ4n) is 3.78. The Bertz CT molecular complexity index is 384. The van der Waals surface area contributed by atoms with Gasteiger partial charge in [0.05, 0.1) is 0 Å². The maximum Gasteiger partial charge on any atom is 0.407 e. The Morgan fingerprint density at radius 2 is 1.83 bits per heavy atom. The van der Waals surface area contributed by atoms with Gasteiger partial charge in [-0.1, -0.05) is 13.3 Å². The Kier molecular flexibility index (Phi) is 7.08. The zero-order valence-electron chi connectivity index (χ0n) is 15.2. The van der Waals surface area contributed by atoms with E-state index < -0.39 is 5.60 Å². The van der Waals surface area contributed by atoms with E-state index in [0.29, 0.717) is 12.1 Å². The van der Waals surface area contributed by atoms with Crippen LogP contribution in [0.2, 0.25) is 0 Å². The molecule has 5 heteroatoms. The first-order valence-electron chi connectivity index (χ1n) is 9.24. The quantitative estimate of drug-likeness (QED) is 0.790. The zero-order valence-corrected chi connectivity index (χ0v) is 16.0. The lowest BCUT2D eigenvalue weighted by atomic mass is 9.90. The number of nitrogens with one attached hydrogen (secondary N) is 2. The third-order valence-corrected chi connectivity index (χ3v) is 6.00. The number of ether oxygens (including phenoxy) is 1. The molecule has 4 unspecified atom stereocenters. The lowest BCUT2D eigenvalue weighted by Gasteiger charge is -2.34. The standard InChI is InChI=1S/C18H34N2O2S/c1-5-23-16-11-7-10-15(16)19-13-8-6-9-14(12-13)20-17(21)22-18(2,3)4/h13-16,19H,5-12H2,1-4H3,(H,20,21). The largest absolute Gasteiger partial charge is 0.444 e. The molecule has 1 amide bonds. The molecule has 0 aromatic carbocycles. The lowest BCUT2D eigenvalue weighted by molar-refractivity contribution is 0.0488. The number of carbonyl (C=O) groups excluding carboxylic acids is 1. The fourth-order valence-corrected chi connectivity index (χ4v) is 4.99. The summed E-state index contributed by atoms with van der Waals surface area (Å²) in [6, 6.07) is 1.44. The molecule has 2 aliphatic carbocycles. The third kappa shape index (κ3) is 6.54. The van der Waals surface area contributed by atoms with E-state index in [1.807, 2.05) is 20.8 Å². The third-order valence-electron chi connectivity index (χ3n) is 4.68. The molecule has 23 heavy (non-hydrogen) atoms. The molecule has 4 nitrogen and oxygen atoms in total. The van der Waals surface area contributed by atoms with E-state index in [0.717, 1.165) is 18.1 Å². The topological polar surface area (TPSA) is 50.4 Å². The minimum absolute atomic E-state index is 0.245. The van der Waals surface area contributed by atoms with Gasteiger partial charge in [-0.15, -0.1) is 0 Å². The van der Waals surface area contributed by atoms with Crippen molar-refractivity contribution in [3.05, 3.63) is 0 Å². The van der Waals surface area contributed by atoms with Crippen molar-refractivity contribution < 1.29 is 9.53 Å². The second kappa shape index (κ2) is 8.61. The molecule has 2 aliphatic rings. The number of rotatable bonds is 5. The summed E-state index contributed by atoms with van der Waals surface area (Å²) in [6.45, 7) is 7.97. The van der Waals surface area contributed by atoms with Crippen LogP contribution in [0.5, 0.6) is 0 Å². The van der Waals surface area contributed by atoms with Gasteiger partial charge < -0.3 is 15.4 Å². The average molecular weight is 343 g/mol. The van der Waals surface area contributed by atoms with Gasteiger partial charge in [-0.3, -0.25) is 0 Å². The molecule has 0 aliphatic heterocycles. The van der Waals surface area contributed by atoms with Crippen molar-refractivity contribution in [3.63, 3.8) is 0 Å². The summed E-state index contributed by atoms with van der Waals surface area (Å²) in [4.78, 5) is 12.0. The Morgan fingerprint density at radius 1 is 1.13 bits per heavy atom. The van der Waals surface area contributed by atoms with Crippen molar-refractivity contribution in [3.8, 4) is 0 Å². The first kappa shape index (κ1) is 18.9. The molecule has 0 saturated heterocycles. The van der Waals surface area contributed by atoms with E-state index in [4.69, 9.17) is 4.74 Å². The fraction of sp³-hybridized carbons (Fsp3) is 0.944. The van der Waals surface area contributed by atoms with Crippen LogP contribution in [-0.4, -0.2) is 40.8 Å². The van der Waals surface area contributed by atoms with Gasteiger partial charge in [0.25, 0.3) is 0 Å². The number of hydrogen-bond donors (Lipinski definition) is 2. The predicted molar refractivity (Wildman–Crippen MR) is 98.1 cm³/mol. The molecule has 2 rings (SSSR count). The first-order chi connectivity index (χ1) is 10.9. The van der Waals surface area contributed by atoms with Gasteiger partial charge in [-0.25, -0.2) is 4.79 Å². The van der Waals surface area contributed by atoms with E-state index in [9.17, 15) is 4.79 Å². The maximum atomic E-state index is 12.0. The van der Waals surface area contributed by atoms with Crippen LogP contribution in [0, 0.1) is 0 Å². The summed E-state index contributed by atoms with van der Waals surface area (Å²) in [5.74, 6) is 1.20. The zero-order chi connectivity index (χ0) is 16.9. The minimum atomic E-state index is -0.426. The predicted octanol–water partition coefficient (Wildman–Crippen LogP) is 4.09. The molecule has 0 aromatic rings. The number of thioether (sulfide) groups is 1. The summed E-state index contributed by atoms with van der Waals surface area (Å²) in [6.07, 6.45) is 8.23. The first-order valence-corrected chi connectivity index (χ1v) is 10.3. The second-order valence-electron chi connectivity index (χ2n) is 7.90. The van der Waals surface area contributed by atoms with E-state index in [1.165, 1.54) is 37.9 Å². The van der Waals surface area contributed by atoms with Gasteiger partial charge in [0.1, 0.15) is 5.60 Å². The van der Waals surface area contributed by atoms with Gasteiger partial charge in [0, 0.05) is 23.4 Å². The lowest BCUT2D eigenvalue weighted by Crippen LogP contribution is -2.49. The minimum Gasteiger partial charge on any atom is -0.444 e. The monoisotopic (exact) mass is 342 g/mol. The normalized spacial score (nSPS) is 31.8. The van der Waals surface area contributed by atoms with Crippen molar-refractivity contribution in [2.24, 2.45) is 0 Å². The number of alkyl carbamates (subject to hydrolysis) is 1. The van der Waals surface area contributed by atoms with E-state index in [-0.39, 0.29) is 12.1 Å². The van der Waals surface area contributed by atoms with Crippen LogP contribution in [0.15, 0.2) is 0 Å². The average Bonchev–Trinajstić information content (AvgIpc) is 2.84. The molecule has 0 radical (unpaired) electrons. The second-order valence-corrected chi connectivity index (χ2v) is 9.42. The van der Waals surface area contributed by atoms with Crippen LogP contribution < -0.4 is 10.6 Å². The molecule has 0 spiro atoms. The molecule has 0 heterocycles. The van der Waals surface area contributed by atoms with Crippen LogP contribution in [0.1, 0.15) is 72.6 Å². The van der Waals surface area contributed by atoms with Crippen LogP contribution >= 0.6 is 11.8 Å². The summed E-state index contributed by atoms with van der Waals surface area (Å²) in [5.41, 5.74) is -0.426. The highest BCUT2D eigenvalue weighted by molar-refractivity contribution is 7.99. The van der Waals surface area contributed by atoms with Gasteiger partial charge in [-0.2, -0.15) is 11.8 Å². The van der Waals surface area contributed by atoms with Crippen LogP contribution in [0.3, 0.4) is 0 Å². The number of hydrogen-bond acceptors (Lipinski definition) is 4. The molecular formula is C18H34N2O2S. The molecule has 4 atom stereocenters. The van der Waals surface area contributed by atoms with E-state index >= 15 is 0 Å². The Morgan fingerprint density at radius 3 is 2.52 bits per heavy atom. The smallest absolute Gasteiger partial charge is 0.407 e. The Balaban J connectivity index is 1.78. The van der Waals surface area contributed by atoms with Crippen LogP contribution in [0.4, 0.5) is 4.79 Å². The summed E-state index contributed by atoms with van der Waals surface area (Å²) < 4.78 is 5.38. The number of amides is 1.